The summed E-state index contributed by atoms with van der Waals surface area (Å²) in [5.41, 5.74) is 1.88. The lowest BCUT2D eigenvalue weighted by Crippen LogP contribution is -2.36. The Bertz CT molecular complexity index is 768. The highest BCUT2D eigenvalue weighted by Crippen LogP contribution is 2.38. The minimum Gasteiger partial charge on any atom is -0.486 e. The van der Waals surface area contributed by atoms with Crippen LogP contribution in [0.1, 0.15) is 24.1 Å². The van der Waals surface area contributed by atoms with Crippen molar-refractivity contribution >= 4 is 33.6 Å². The average molecular weight is 426 g/mol. The van der Waals surface area contributed by atoms with E-state index in [4.69, 9.17) is 21.1 Å². The van der Waals surface area contributed by atoms with Gasteiger partial charge in [-0.3, -0.25) is 0 Å². The van der Waals surface area contributed by atoms with Gasteiger partial charge in [0.05, 0.1) is 11.1 Å². The number of halogens is 2. The van der Waals surface area contributed by atoms with Crippen LogP contribution in [0, 0.1) is 0 Å². The minimum atomic E-state index is -0.249. The number of benzene rings is 2. The third-order valence-electron chi connectivity index (χ3n) is 3.83. The maximum Gasteiger partial charge on any atom is 0.315 e. The van der Waals surface area contributed by atoms with Crippen molar-refractivity contribution in [1.29, 1.82) is 0 Å². The molecule has 0 aromatic heterocycles. The van der Waals surface area contributed by atoms with Gasteiger partial charge in [-0.15, -0.1) is 0 Å². The minimum absolute atomic E-state index is 0.100. The van der Waals surface area contributed by atoms with Crippen molar-refractivity contribution in [3.63, 3.8) is 0 Å². The fourth-order valence-electron chi connectivity index (χ4n) is 2.53. The van der Waals surface area contributed by atoms with Crippen LogP contribution >= 0.6 is 27.5 Å². The van der Waals surface area contributed by atoms with Crippen LogP contribution < -0.4 is 20.1 Å². The summed E-state index contributed by atoms with van der Waals surface area (Å²) in [7, 11) is 0. The SMILES string of the molecule is CC(NC(=O)NCc1cc(Cl)c2c(c1)OCCO2)c1ccc(Br)cc1. The number of carbonyl (C=O) groups is 1. The molecule has 1 atom stereocenters. The fraction of sp³-hybridized carbons (Fsp3) is 0.278. The van der Waals surface area contributed by atoms with Crippen LogP contribution in [0.15, 0.2) is 40.9 Å². The lowest BCUT2D eigenvalue weighted by molar-refractivity contribution is 0.171. The molecule has 1 aliphatic heterocycles. The lowest BCUT2D eigenvalue weighted by atomic mass is 10.1. The summed E-state index contributed by atoms with van der Waals surface area (Å²) in [6.45, 7) is 3.26. The van der Waals surface area contributed by atoms with Crippen LogP contribution in [-0.4, -0.2) is 19.2 Å². The normalized spacial score (nSPS) is 13.9. The first-order valence-electron chi connectivity index (χ1n) is 7.91. The Labute approximate surface area is 159 Å². The molecular weight excluding hydrogens is 408 g/mol. The number of ether oxygens (including phenoxy) is 2. The summed E-state index contributed by atoms with van der Waals surface area (Å²) in [5.74, 6) is 1.17. The molecule has 2 aromatic carbocycles. The monoisotopic (exact) mass is 424 g/mol. The van der Waals surface area contributed by atoms with Crippen LogP contribution in [0.4, 0.5) is 4.79 Å². The Hall–Kier alpha value is -1.92. The van der Waals surface area contributed by atoms with Crippen LogP contribution in [0.5, 0.6) is 11.5 Å². The zero-order valence-corrected chi connectivity index (χ0v) is 16.0. The first-order chi connectivity index (χ1) is 12.0. The van der Waals surface area contributed by atoms with Gasteiger partial charge in [0, 0.05) is 11.0 Å². The highest BCUT2D eigenvalue weighted by Gasteiger charge is 2.17. The largest absolute Gasteiger partial charge is 0.486 e. The van der Waals surface area contributed by atoms with E-state index >= 15 is 0 Å². The van der Waals surface area contributed by atoms with Crippen molar-refractivity contribution in [2.24, 2.45) is 0 Å². The molecule has 25 heavy (non-hydrogen) atoms. The molecule has 1 unspecified atom stereocenters. The highest BCUT2D eigenvalue weighted by atomic mass is 79.9. The predicted molar refractivity (Wildman–Crippen MR) is 100 cm³/mol. The lowest BCUT2D eigenvalue weighted by Gasteiger charge is -2.20. The van der Waals surface area contributed by atoms with Crippen LogP contribution in [0.2, 0.25) is 5.02 Å². The van der Waals surface area contributed by atoms with Crippen molar-refractivity contribution in [1.82, 2.24) is 10.6 Å². The summed E-state index contributed by atoms with van der Waals surface area (Å²) >= 11 is 9.60. The van der Waals surface area contributed by atoms with Gasteiger partial charge in [0.2, 0.25) is 0 Å². The number of urea groups is 1. The number of carbonyl (C=O) groups excluding carboxylic acids is 1. The van der Waals surface area contributed by atoms with E-state index in [0.717, 1.165) is 15.6 Å². The van der Waals surface area contributed by atoms with Gasteiger partial charge in [-0.25, -0.2) is 4.79 Å². The molecular formula is C18H18BrClN2O3. The molecule has 2 N–H and O–H groups in total. The molecule has 1 aliphatic rings. The predicted octanol–water partition coefficient (Wildman–Crippen LogP) is 4.43. The number of rotatable bonds is 4. The number of amides is 2. The number of fused-ring (bicyclic) bond motifs is 1. The van der Waals surface area contributed by atoms with Crippen LogP contribution in [-0.2, 0) is 6.54 Å². The molecule has 3 rings (SSSR count). The maximum atomic E-state index is 12.1. The molecule has 0 spiro atoms. The summed E-state index contributed by atoms with van der Waals surface area (Å²) in [6, 6.07) is 11.1. The second kappa shape index (κ2) is 7.97. The number of hydrogen-bond donors (Lipinski definition) is 2. The van der Waals surface area contributed by atoms with E-state index in [2.05, 4.69) is 26.6 Å². The summed E-state index contributed by atoms with van der Waals surface area (Å²) in [4.78, 5) is 12.1. The van der Waals surface area contributed by atoms with Crippen molar-refractivity contribution in [3.8, 4) is 11.5 Å². The van der Waals surface area contributed by atoms with E-state index in [1.54, 1.807) is 6.07 Å². The Balaban J connectivity index is 1.57. The highest BCUT2D eigenvalue weighted by molar-refractivity contribution is 9.10. The van der Waals surface area contributed by atoms with Crippen molar-refractivity contribution < 1.29 is 14.3 Å². The quantitative estimate of drug-likeness (QED) is 0.761. The van der Waals surface area contributed by atoms with Crippen molar-refractivity contribution in [2.75, 3.05) is 13.2 Å². The number of nitrogens with one attached hydrogen (secondary N) is 2. The molecule has 0 saturated heterocycles. The Morgan fingerprint density at radius 1 is 1.24 bits per heavy atom. The van der Waals surface area contributed by atoms with Gasteiger partial charge in [0.1, 0.15) is 13.2 Å². The van der Waals surface area contributed by atoms with Gasteiger partial charge >= 0.3 is 6.03 Å². The van der Waals surface area contributed by atoms with Crippen molar-refractivity contribution in [2.45, 2.75) is 19.5 Å². The van der Waals surface area contributed by atoms with Crippen LogP contribution in [0.25, 0.3) is 0 Å². The maximum absolute atomic E-state index is 12.1. The van der Waals surface area contributed by atoms with Gasteiger partial charge in [-0.2, -0.15) is 0 Å². The second-order valence-corrected chi connectivity index (χ2v) is 7.02. The molecule has 2 amide bonds. The van der Waals surface area contributed by atoms with Gasteiger partial charge in [-0.1, -0.05) is 39.7 Å². The summed E-state index contributed by atoms with van der Waals surface area (Å²) in [6.07, 6.45) is 0. The average Bonchev–Trinajstić information content (AvgIpc) is 2.60. The first kappa shape index (κ1) is 17.9. The topological polar surface area (TPSA) is 59.6 Å². The smallest absolute Gasteiger partial charge is 0.315 e. The Morgan fingerprint density at radius 3 is 2.72 bits per heavy atom. The molecule has 0 bridgehead atoms. The Kier molecular flexibility index (Phi) is 5.71. The molecule has 7 heteroatoms. The third-order valence-corrected chi connectivity index (χ3v) is 4.64. The summed E-state index contributed by atoms with van der Waals surface area (Å²) in [5, 5.41) is 6.22. The molecule has 5 nitrogen and oxygen atoms in total. The van der Waals surface area contributed by atoms with Gasteiger partial charge in [0.15, 0.2) is 11.5 Å². The van der Waals surface area contributed by atoms with E-state index in [1.165, 1.54) is 0 Å². The molecule has 0 radical (unpaired) electrons. The summed E-state index contributed by atoms with van der Waals surface area (Å²) < 4.78 is 12.0. The molecule has 0 aliphatic carbocycles. The molecule has 132 valence electrons. The fourth-order valence-corrected chi connectivity index (χ4v) is 3.08. The number of hydrogen-bond acceptors (Lipinski definition) is 3. The molecule has 0 saturated carbocycles. The zero-order valence-electron chi connectivity index (χ0n) is 13.6. The Morgan fingerprint density at radius 2 is 1.96 bits per heavy atom. The molecule has 2 aromatic rings. The standard InChI is InChI=1S/C18H18BrClN2O3/c1-11(13-2-4-14(19)5-3-13)22-18(23)21-10-12-8-15(20)17-16(9-12)24-6-7-25-17/h2-5,8-9,11H,6-7,10H2,1H3,(H2,21,22,23). The van der Waals surface area contributed by atoms with E-state index in [0.29, 0.717) is 36.3 Å². The van der Waals surface area contributed by atoms with E-state index in [1.807, 2.05) is 37.3 Å². The molecule has 0 fully saturated rings. The van der Waals surface area contributed by atoms with E-state index < -0.39 is 0 Å². The molecule has 1 heterocycles. The van der Waals surface area contributed by atoms with E-state index in [9.17, 15) is 4.79 Å². The third kappa shape index (κ3) is 4.58. The van der Waals surface area contributed by atoms with Gasteiger partial charge in [-0.05, 0) is 42.3 Å². The van der Waals surface area contributed by atoms with Crippen LogP contribution in [0.3, 0.4) is 0 Å². The first-order valence-corrected chi connectivity index (χ1v) is 9.08. The van der Waals surface area contributed by atoms with E-state index in [-0.39, 0.29) is 12.1 Å². The van der Waals surface area contributed by atoms with Gasteiger partial charge < -0.3 is 20.1 Å². The van der Waals surface area contributed by atoms with Crippen molar-refractivity contribution in [3.05, 3.63) is 57.0 Å². The second-order valence-electron chi connectivity index (χ2n) is 5.70. The van der Waals surface area contributed by atoms with Gasteiger partial charge in [0.25, 0.3) is 0 Å². The zero-order chi connectivity index (χ0) is 17.8.